The Balaban J connectivity index is 1.27. The van der Waals surface area contributed by atoms with Crippen LogP contribution in [0.15, 0.2) is 47.4 Å². The third kappa shape index (κ3) is 7.37. The second-order valence-electron chi connectivity index (χ2n) is 10.4. The average Bonchev–Trinajstić information content (AvgIpc) is 2.88. The quantitative estimate of drug-likeness (QED) is 0.419. The molecule has 0 saturated carbocycles. The van der Waals surface area contributed by atoms with Crippen molar-refractivity contribution in [3.05, 3.63) is 53.1 Å². The number of rotatable bonds is 7. The number of carbonyl (C=O) groups excluding carboxylic acids is 1. The van der Waals surface area contributed by atoms with Crippen LogP contribution in [0.2, 0.25) is 5.02 Å². The maximum absolute atomic E-state index is 13.0. The largest absolute Gasteiger partial charge is 0.573 e. The number of hydrogen-bond acceptors (Lipinski definition) is 5. The topological polar surface area (TPSA) is 70.2 Å². The molecular formula is C27H33ClF3N3O4S. The van der Waals surface area contributed by atoms with Crippen molar-refractivity contribution in [2.45, 2.75) is 43.4 Å². The number of alkyl halides is 3. The second-order valence-corrected chi connectivity index (χ2v) is 12.7. The molecule has 214 valence electrons. The van der Waals surface area contributed by atoms with E-state index in [-0.39, 0.29) is 10.8 Å². The molecular weight excluding hydrogens is 555 g/mol. The Hall–Kier alpha value is -2.50. The van der Waals surface area contributed by atoms with E-state index in [0.29, 0.717) is 35.5 Å². The van der Waals surface area contributed by atoms with E-state index in [4.69, 9.17) is 11.6 Å². The van der Waals surface area contributed by atoms with Crippen LogP contribution in [0, 0.1) is 11.8 Å². The highest BCUT2D eigenvalue weighted by Crippen LogP contribution is 2.34. The molecule has 2 aliphatic heterocycles. The maximum atomic E-state index is 13.0. The molecule has 4 rings (SSSR count). The lowest BCUT2D eigenvalue weighted by Crippen LogP contribution is -2.39. The Bertz CT molecular complexity index is 1270. The number of sulfonamides is 1. The molecule has 0 bridgehead atoms. The van der Waals surface area contributed by atoms with Crippen LogP contribution in [0.4, 0.5) is 18.9 Å². The lowest BCUT2D eigenvalue weighted by Gasteiger charge is -2.37. The van der Waals surface area contributed by atoms with Gasteiger partial charge >= 0.3 is 6.36 Å². The zero-order valence-electron chi connectivity index (χ0n) is 22.0. The first-order valence-corrected chi connectivity index (χ1v) is 14.8. The first-order valence-electron chi connectivity index (χ1n) is 13.0. The molecule has 39 heavy (non-hydrogen) atoms. The van der Waals surface area contributed by atoms with Crippen molar-refractivity contribution < 1.29 is 31.1 Å². The molecule has 0 radical (unpaired) electrons. The van der Waals surface area contributed by atoms with Crippen LogP contribution in [0.5, 0.6) is 5.75 Å². The molecule has 0 unspecified atom stereocenters. The normalized spacial score (nSPS) is 18.3. The minimum atomic E-state index is -4.89. The van der Waals surface area contributed by atoms with Crippen LogP contribution < -0.4 is 9.64 Å². The number of anilines is 1. The van der Waals surface area contributed by atoms with E-state index in [1.165, 1.54) is 21.3 Å². The number of halogens is 4. The summed E-state index contributed by atoms with van der Waals surface area (Å²) in [7, 11) is -0.526. The summed E-state index contributed by atoms with van der Waals surface area (Å²) < 4.78 is 69.0. The Morgan fingerprint density at radius 2 is 1.62 bits per heavy atom. The van der Waals surface area contributed by atoms with Crippen molar-refractivity contribution in [2.24, 2.45) is 11.8 Å². The summed E-state index contributed by atoms with van der Waals surface area (Å²) in [4.78, 5) is 15.8. The van der Waals surface area contributed by atoms with Crippen LogP contribution in [0.25, 0.3) is 0 Å². The van der Waals surface area contributed by atoms with Gasteiger partial charge in [0.1, 0.15) is 5.75 Å². The van der Waals surface area contributed by atoms with Gasteiger partial charge in [0.2, 0.25) is 10.0 Å². The lowest BCUT2D eigenvalue weighted by atomic mass is 9.83. The molecule has 2 heterocycles. The van der Waals surface area contributed by atoms with E-state index >= 15 is 0 Å². The summed E-state index contributed by atoms with van der Waals surface area (Å²) >= 11 is 6.39. The zero-order chi connectivity index (χ0) is 28.4. The predicted molar refractivity (Wildman–Crippen MR) is 144 cm³/mol. The molecule has 0 aliphatic carbocycles. The number of nitrogens with zero attached hydrogens (tertiary/aromatic N) is 3. The van der Waals surface area contributed by atoms with Crippen molar-refractivity contribution in [1.29, 1.82) is 0 Å². The summed E-state index contributed by atoms with van der Waals surface area (Å²) in [6.07, 6.45) is -0.403. The number of benzene rings is 2. The van der Waals surface area contributed by atoms with Crippen molar-refractivity contribution in [2.75, 3.05) is 45.2 Å². The summed E-state index contributed by atoms with van der Waals surface area (Å²) in [5.41, 5.74) is 1.48. The molecule has 1 amide bonds. The smallest absolute Gasteiger partial charge is 0.406 e. The second kappa shape index (κ2) is 11.9. The van der Waals surface area contributed by atoms with E-state index in [2.05, 4.69) is 9.64 Å². The lowest BCUT2D eigenvalue weighted by molar-refractivity contribution is -0.274. The highest BCUT2D eigenvalue weighted by molar-refractivity contribution is 7.89. The Kier molecular flexibility index (Phi) is 9.02. The molecule has 2 aromatic rings. The summed E-state index contributed by atoms with van der Waals surface area (Å²) in [6.45, 7) is 2.44. The summed E-state index contributed by atoms with van der Waals surface area (Å²) in [6, 6.07) is 10.1. The van der Waals surface area contributed by atoms with Crippen molar-refractivity contribution >= 4 is 33.2 Å². The van der Waals surface area contributed by atoms with E-state index in [1.54, 1.807) is 20.2 Å². The minimum Gasteiger partial charge on any atom is -0.406 e. The third-order valence-electron chi connectivity index (χ3n) is 7.49. The molecule has 2 fully saturated rings. The molecule has 0 aromatic heterocycles. The van der Waals surface area contributed by atoms with Crippen molar-refractivity contribution in [3.8, 4) is 5.75 Å². The van der Waals surface area contributed by atoms with Gasteiger partial charge in [-0.3, -0.25) is 4.79 Å². The third-order valence-corrected chi connectivity index (χ3v) is 9.69. The predicted octanol–water partition coefficient (Wildman–Crippen LogP) is 5.65. The van der Waals surface area contributed by atoms with Gasteiger partial charge in [-0.05, 0) is 74.3 Å². The Labute approximate surface area is 232 Å². The number of amides is 1. The SMILES string of the molecule is CN(C)C(=O)c1ccc(N2CCC(CC3CCN(S(=O)(=O)c4cccc(OC(F)(F)F)c4)CC3)CC2)cc1Cl. The van der Waals surface area contributed by atoms with Crippen molar-refractivity contribution in [3.63, 3.8) is 0 Å². The first-order chi connectivity index (χ1) is 18.3. The van der Waals surface area contributed by atoms with Gasteiger partial charge in [0, 0.05) is 52.0 Å². The fraction of sp³-hybridized carbons (Fsp3) is 0.519. The van der Waals surface area contributed by atoms with Crippen LogP contribution in [0.1, 0.15) is 42.5 Å². The first kappa shape index (κ1) is 29.5. The minimum absolute atomic E-state index is 0.131. The van der Waals surface area contributed by atoms with Gasteiger partial charge < -0.3 is 14.5 Å². The standard InChI is InChI=1S/C27H33ClF3N3O4S/c1-32(2)26(35)24-7-6-21(17-25(24)28)33-12-8-19(9-13-33)16-20-10-14-34(15-11-20)39(36,37)23-5-3-4-22(18-23)38-27(29,30)31/h3-7,17-20H,8-16H2,1-2H3. The molecule has 0 spiro atoms. The van der Waals surface area contributed by atoms with Gasteiger partial charge in [-0.15, -0.1) is 13.2 Å². The Morgan fingerprint density at radius 1 is 1.00 bits per heavy atom. The maximum Gasteiger partial charge on any atom is 0.573 e. The Morgan fingerprint density at radius 3 is 2.18 bits per heavy atom. The number of piperidine rings is 2. The van der Waals surface area contributed by atoms with Gasteiger partial charge in [-0.1, -0.05) is 17.7 Å². The summed E-state index contributed by atoms with van der Waals surface area (Å²) in [5.74, 6) is 0.257. The van der Waals surface area contributed by atoms with Crippen LogP contribution in [-0.2, 0) is 10.0 Å². The fourth-order valence-electron chi connectivity index (χ4n) is 5.38. The fourth-order valence-corrected chi connectivity index (χ4v) is 7.14. The van der Waals surface area contributed by atoms with Crippen LogP contribution in [-0.4, -0.2) is 70.2 Å². The van der Waals surface area contributed by atoms with Crippen molar-refractivity contribution in [1.82, 2.24) is 9.21 Å². The molecule has 2 saturated heterocycles. The molecule has 7 nitrogen and oxygen atoms in total. The number of carbonyl (C=O) groups is 1. The average molecular weight is 588 g/mol. The van der Waals surface area contributed by atoms with Gasteiger partial charge in [-0.2, -0.15) is 4.31 Å². The monoisotopic (exact) mass is 587 g/mol. The summed E-state index contributed by atoms with van der Waals surface area (Å²) in [5, 5.41) is 0.439. The number of hydrogen-bond donors (Lipinski definition) is 0. The van der Waals surface area contributed by atoms with E-state index < -0.39 is 22.1 Å². The molecule has 12 heteroatoms. The van der Waals surface area contributed by atoms with E-state index in [1.807, 2.05) is 12.1 Å². The van der Waals surface area contributed by atoms with Gasteiger partial charge in [0.05, 0.1) is 15.5 Å². The van der Waals surface area contributed by atoms with Crippen LogP contribution >= 0.6 is 11.6 Å². The van der Waals surface area contributed by atoms with E-state index in [0.717, 1.165) is 63.0 Å². The molecule has 2 aromatic carbocycles. The zero-order valence-corrected chi connectivity index (χ0v) is 23.5. The van der Waals surface area contributed by atoms with Gasteiger partial charge in [-0.25, -0.2) is 8.42 Å². The highest BCUT2D eigenvalue weighted by atomic mass is 35.5. The number of ether oxygens (including phenoxy) is 1. The van der Waals surface area contributed by atoms with Gasteiger partial charge in [0.25, 0.3) is 5.91 Å². The van der Waals surface area contributed by atoms with E-state index in [9.17, 15) is 26.4 Å². The highest BCUT2D eigenvalue weighted by Gasteiger charge is 2.34. The van der Waals surface area contributed by atoms with Crippen LogP contribution in [0.3, 0.4) is 0 Å². The molecule has 2 aliphatic rings. The molecule has 0 N–H and O–H groups in total. The molecule has 0 atom stereocenters. The van der Waals surface area contributed by atoms with Gasteiger partial charge in [0.15, 0.2) is 0 Å².